The van der Waals surface area contributed by atoms with Crippen LogP contribution in [-0.2, 0) is 6.54 Å². The van der Waals surface area contributed by atoms with Crippen LogP contribution < -0.4 is 5.32 Å². The number of nitrogens with one attached hydrogen (secondary N) is 1. The van der Waals surface area contributed by atoms with Crippen LogP contribution in [0.25, 0.3) is 0 Å². The normalized spacial score (nSPS) is 12.7. The minimum absolute atomic E-state index is 0.0565. The van der Waals surface area contributed by atoms with Gasteiger partial charge in [-0.25, -0.2) is 9.37 Å². The van der Waals surface area contributed by atoms with Gasteiger partial charge in [0.15, 0.2) is 0 Å². The van der Waals surface area contributed by atoms with Crippen LogP contribution in [0, 0.1) is 12.7 Å². The fraction of sp³-hybridized carbons (Fsp3) is 0.308. The SMILES string of the molecule is Cc1csc(CNC(C)c2ccc(Cl)c(F)c2)n1. The van der Waals surface area contributed by atoms with Gasteiger partial charge in [0.1, 0.15) is 10.8 Å². The first kappa shape index (κ1) is 13.5. The molecule has 96 valence electrons. The van der Waals surface area contributed by atoms with Crippen LogP contribution in [0.2, 0.25) is 5.02 Å². The molecule has 1 aromatic heterocycles. The van der Waals surface area contributed by atoms with E-state index in [2.05, 4.69) is 10.3 Å². The number of nitrogens with zero attached hydrogens (tertiary/aromatic N) is 1. The minimum Gasteiger partial charge on any atom is -0.304 e. The minimum atomic E-state index is -0.382. The first-order valence-electron chi connectivity index (χ1n) is 5.65. The van der Waals surface area contributed by atoms with Crippen LogP contribution >= 0.6 is 22.9 Å². The Balaban J connectivity index is 1.99. The van der Waals surface area contributed by atoms with Crippen molar-refractivity contribution in [1.82, 2.24) is 10.3 Å². The van der Waals surface area contributed by atoms with Gasteiger partial charge in [0.05, 0.1) is 5.02 Å². The first-order valence-corrected chi connectivity index (χ1v) is 6.91. The van der Waals surface area contributed by atoms with Crippen molar-refractivity contribution in [1.29, 1.82) is 0 Å². The van der Waals surface area contributed by atoms with Crippen molar-refractivity contribution in [3.05, 3.63) is 50.7 Å². The summed E-state index contributed by atoms with van der Waals surface area (Å²) in [5, 5.41) is 6.52. The zero-order valence-electron chi connectivity index (χ0n) is 10.2. The smallest absolute Gasteiger partial charge is 0.142 e. The molecule has 2 nitrogen and oxygen atoms in total. The molecule has 0 saturated heterocycles. The molecule has 0 aliphatic heterocycles. The lowest BCUT2D eigenvalue weighted by atomic mass is 10.1. The van der Waals surface area contributed by atoms with Crippen molar-refractivity contribution in [2.75, 3.05) is 0 Å². The maximum Gasteiger partial charge on any atom is 0.142 e. The molecule has 18 heavy (non-hydrogen) atoms. The Morgan fingerprint density at radius 2 is 2.28 bits per heavy atom. The molecule has 0 aliphatic rings. The molecular formula is C13H14ClFN2S. The zero-order chi connectivity index (χ0) is 13.1. The molecule has 1 heterocycles. The highest BCUT2D eigenvalue weighted by atomic mass is 35.5. The third-order valence-electron chi connectivity index (χ3n) is 2.67. The second kappa shape index (κ2) is 5.78. The highest BCUT2D eigenvalue weighted by Crippen LogP contribution is 2.20. The standard InChI is InChI=1S/C13H14ClFN2S/c1-8-7-18-13(17-8)6-16-9(2)10-3-4-11(14)12(15)5-10/h3-5,7,9,16H,6H2,1-2H3. The predicted octanol–water partition coefficient (Wildman–Crippen LogP) is 4.09. The van der Waals surface area contributed by atoms with Gasteiger partial charge in [-0.1, -0.05) is 17.7 Å². The van der Waals surface area contributed by atoms with Gasteiger partial charge in [-0.2, -0.15) is 0 Å². The van der Waals surface area contributed by atoms with E-state index in [4.69, 9.17) is 11.6 Å². The molecule has 1 atom stereocenters. The average Bonchev–Trinajstić information content (AvgIpc) is 2.75. The Labute approximate surface area is 115 Å². The highest BCUT2D eigenvalue weighted by Gasteiger charge is 2.09. The lowest BCUT2D eigenvalue weighted by Crippen LogP contribution is -2.18. The summed E-state index contributed by atoms with van der Waals surface area (Å²) in [7, 11) is 0. The van der Waals surface area contributed by atoms with Gasteiger partial charge in [0, 0.05) is 23.7 Å². The molecule has 5 heteroatoms. The summed E-state index contributed by atoms with van der Waals surface area (Å²) in [6.45, 7) is 4.64. The number of aromatic nitrogens is 1. The lowest BCUT2D eigenvalue weighted by Gasteiger charge is -2.13. The number of thiazole rings is 1. The molecule has 2 rings (SSSR count). The second-order valence-corrected chi connectivity index (χ2v) is 5.51. The molecular weight excluding hydrogens is 271 g/mol. The van der Waals surface area contributed by atoms with E-state index in [0.717, 1.165) is 16.3 Å². The van der Waals surface area contributed by atoms with E-state index in [1.54, 1.807) is 17.4 Å². The van der Waals surface area contributed by atoms with Gasteiger partial charge < -0.3 is 5.32 Å². The van der Waals surface area contributed by atoms with Crippen LogP contribution in [0.15, 0.2) is 23.6 Å². The van der Waals surface area contributed by atoms with Crippen molar-refractivity contribution in [2.24, 2.45) is 0 Å². The van der Waals surface area contributed by atoms with E-state index in [0.29, 0.717) is 6.54 Å². The monoisotopic (exact) mass is 284 g/mol. The molecule has 0 radical (unpaired) electrons. The van der Waals surface area contributed by atoms with Crippen LogP contribution in [0.5, 0.6) is 0 Å². The topological polar surface area (TPSA) is 24.9 Å². The summed E-state index contributed by atoms with van der Waals surface area (Å²) in [5.74, 6) is -0.382. The number of hydrogen-bond donors (Lipinski definition) is 1. The fourth-order valence-electron chi connectivity index (χ4n) is 1.62. The molecule has 1 unspecified atom stereocenters. The van der Waals surface area contributed by atoms with Gasteiger partial charge in [0.2, 0.25) is 0 Å². The maximum absolute atomic E-state index is 13.3. The average molecular weight is 285 g/mol. The number of benzene rings is 1. The molecule has 1 N–H and O–H groups in total. The summed E-state index contributed by atoms with van der Waals surface area (Å²) >= 11 is 7.28. The largest absolute Gasteiger partial charge is 0.304 e. The summed E-state index contributed by atoms with van der Waals surface area (Å²) in [4.78, 5) is 4.37. The molecule has 1 aromatic carbocycles. The molecule has 0 bridgehead atoms. The Hall–Kier alpha value is -0.970. The lowest BCUT2D eigenvalue weighted by molar-refractivity contribution is 0.563. The van der Waals surface area contributed by atoms with E-state index in [-0.39, 0.29) is 16.9 Å². The number of rotatable bonds is 4. The molecule has 2 aromatic rings. The molecule has 0 amide bonds. The van der Waals surface area contributed by atoms with Crippen molar-refractivity contribution >= 4 is 22.9 Å². The van der Waals surface area contributed by atoms with Gasteiger partial charge in [-0.15, -0.1) is 11.3 Å². The Bertz CT molecular complexity index is 542. The third-order valence-corrected chi connectivity index (χ3v) is 3.94. The predicted molar refractivity (Wildman–Crippen MR) is 73.5 cm³/mol. The Kier molecular flexibility index (Phi) is 4.32. The van der Waals surface area contributed by atoms with Crippen molar-refractivity contribution < 1.29 is 4.39 Å². The summed E-state index contributed by atoms with van der Waals surface area (Å²) < 4.78 is 13.3. The van der Waals surface area contributed by atoms with Gasteiger partial charge in [-0.3, -0.25) is 0 Å². The summed E-state index contributed by atoms with van der Waals surface area (Å²) in [5.41, 5.74) is 1.91. The van der Waals surface area contributed by atoms with Crippen molar-refractivity contribution in [3.8, 4) is 0 Å². The van der Waals surface area contributed by atoms with E-state index >= 15 is 0 Å². The Morgan fingerprint density at radius 3 is 2.89 bits per heavy atom. The van der Waals surface area contributed by atoms with Gasteiger partial charge >= 0.3 is 0 Å². The summed E-state index contributed by atoms with van der Waals surface area (Å²) in [6.07, 6.45) is 0. The summed E-state index contributed by atoms with van der Waals surface area (Å²) in [6, 6.07) is 4.93. The van der Waals surface area contributed by atoms with E-state index < -0.39 is 0 Å². The van der Waals surface area contributed by atoms with Gasteiger partial charge in [-0.05, 0) is 31.5 Å². The van der Waals surface area contributed by atoms with E-state index in [9.17, 15) is 4.39 Å². The molecule has 0 saturated carbocycles. The number of halogens is 2. The van der Waals surface area contributed by atoms with Crippen LogP contribution in [0.4, 0.5) is 4.39 Å². The van der Waals surface area contributed by atoms with E-state index in [1.165, 1.54) is 6.07 Å². The molecule has 0 aliphatic carbocycles. The second-order valence-electron chi connectivity index (χ2n) is 4.16. The first-order chi connectivity index (χ1) is 8.56. The number of hydrogen-bond acceptors (Lipinski definition) is 3. The highest BCUT2D eigenvalue weighted by molar-refractivity contribution is 7.09. The molecule has 0 fully saturated rings. The van der Waals surface area contributed by atoms with Crippen molar-refractivity contribution in [2.45, 2.75) is 26.4 Å². The van der Waals surface area contributed by atoms with Crippen LogP contribution in [0.1, 0.15) is 29.2 Å². The van der Waals surface area contributed by atoms with E-state index in [1.807, 2.05) is 25.3 Å². The fourth-order valence-corrected chi connectivity index (χ4v) is 2.46. The zero-order valence-corrected chi connectivity index (χ0v) is 11.8. The molecule has 0 spiro atoms. The third kappa shape index (κ3) is 3.28. The maximum atomic E-state index is 13.3. The van der Waals surface area contributed by atoms with Crippen LogP contribution in [-0.4, -0.2) is 4.98 Å². The van der Waals surface area contributed by atoms with Crippen LogP contribution in [0.3, 0.4) is 0 Å². The quantitative estimate of drug-likeness (QED) is 0.914. The Morgan fingerprint density at radius 1 is 1.50 bits per heavy atom. The number of aryl methyl sites for hydroxylation is 1. The van der Waals surface area contributed by atoms with Crippen molar-refractivity contribution in [3.63, 3.8) is 0 Å². The van der Waals surface area contributed by atoms with Gasteiger partial charge in [0.25, 0.3) is 0 Å².